The molecule has 2 saturated heterocycles. The quantitative estimate of drug-likeness (QED) is 0.608. The number of nitrogens with one attached hydrogen (secondary N) is 1. The largest absolute Gasteiger partial charge is 0.366 e. The standard InChI is InChI=1S/C28H31FN4O2/c29-24-9-3-4-11-26(24)32-16-18-33(19-17-32)28(35)22-12-14-31(15-13-22)20-27(34)30-25-10-5-7-21-6-1-2-8-23(21)25/h1-11,22H,12-20H2,(H,30,34). The molecule has 182 valence electrons. The highest BCUT2D eigenvalue weighted by Gasteiger charge is 2.31. The molecule has 6 nitrogen and oxygen atoms in total. The van der Waals surface area contributed by atoms with Gasteiger partial charge < -0.3 is 15.1 Å². The summed E-state index contributed by atoms with van der Waals surface area (Å²) in [5.41, 5.74) is 1.43. The molecule has 0 unspecified atom stereocenters. The Morgan fingerprint density at radius 3 is 2.29 bits per heavy atom. The number of nitrogens with zero attached hydrogens (tertiary/aromatic N) is 3. The van der Waals surface area contributed by atoms with E-state index in [1.165, 1.54) is 6.07 Å². The van der Waals surface area contributed by atoms with Gasteiger partial charge in [-0.15, -0.1) is 0 Å². The first-order valence-electron chi connectivity index (χ1n) is 12.4. The molecule has 0 atom stereocenters. The Balaban J connectivity index is 1.09. The van der Waals surface area contributed by atoms with Crippen LogP contribution in [0, 0.1) is 11.7 Å². The van der Waals surface area contributed by atoms with E-state index >= 15 is 0 Å². The van der Waals surface area contributed by atoms with Crippen molar-refractivity contribution >= 4 is 34.0 Å². The number of hydrogen-bond acceptors (Lipinski definition) is 4. The lowest BCUT2D eigenvalue weighted by Gasteiger charge is -2.39. The molecular weight excluding hydrogens is 443 g/mol. The van der Waals surface area contributed by atoms with Crippen molar-refractivity contribution in [1.29, 1.82) is 0 Å². The molecular formula is C28H31FN4O2. The van der Waals surface area contributed by atoms with Crippen LogP contribution < -0.4 is 10.2 Å². The lowest BCUT2D eigenvalue weighted by Crippen LogP contribution is -2.52. The van der Waals surface area contributed by atoms with Crippen molar-refractivity contribution < 1.29 is 14.0 Å². The number of carbonyl (C=O) groups excluding carboxylic acids is 2. The van der Waals surface area contributed by atoms with Crippen LogP contribution in [0.15, 0.2) is 66.7 Å². The highest BCUT2D eigenvalue weighted by atomic mass is 19.1. The van der Waals surface area contributed by atoms with Gasteiger partial charge in [-0.2, -0.15) is 0 Å². The summed E-state index contributed by atoms with van der Waals surface area (Å²) in [5.74, 6) is -0.0648. The van der Waals surface area contributed by atoms with Crippen LogP contribution in [0.25, 0.3) is 10.8 Å². The average Bonchev–Trinajstić information content (AvgIpc) is 2.89. The molecule has 3 aromatic rings. The van der Waals surface area contributed by atoms with Gasteiger partial charge in [0.05, 0.1) is 12.2 Å². The van der Waals surface area contributed by atoms with Gasteiger partial charge in [0, 0.05) is 43.2 Å². The number of halogens is 1. The number of carbonyl (C=O) groups is 2. The molecule has 0 saturated carbocycles. The van der Waals surface area contributed by atoms with Gasteiger partial charge in [-0.3, -0.25) is 14.5 Å². The molecule has 2 fully saturated rings. The highest BCUT2D eigenvalue weighted by molar-refractivity contribution is 6.02. The summed E-state index contributed by atoms with van der Waals surface area (Å²) in [4.78, 5) is 31.8. The number of rotatable bonds is 5. The number of likely N-dealkylation sites (tertiary alicyclic amines) is 1. The van der Waals surface area contributed by atoms with Gasteiger partial charge >= 0.3 is 0 Å². The first-order valence-corrected chi connectivity index (χ1v) is 12.4. The lowest BCUT2D eigenvalue weighted by molar-refractivity contribution is -0.137. The number of anilines is 2. The second-order valence-electron chi connectivity index (χ2n) is 9.39. The topological polar surface area (TPSA) is 55.9 Å². The van der Waals surface area contributed by atoms with E-state index in [1.807, 2.05) is 58.3 Å². The molecule has 0 aromatic heterocycles. The summed E-state index contributed by atoms with van der Waals surface area (Å²) in [7, 11) is 0. The van der Waals surface area contributed by atoms with Crippen molar-refractivity contribution in [1.82, 2.24) is 9.80 Å². The highest BCUT2D eigenvalue weighted by Crippen LogP contribution is 2.25. The fourth-order valence-corrected chi connectivity index (χ4v) is 5.20. The third-order valence-electron chi connectivity index (χ3n) is 7.15. The number of benzene rings is 3. The van der Waals surface area contributed by atoms with E-state index in [2.05, 4.69) is 10.2 Å². The third kappa shape index (κ3) is 5.30. The van der Waals surface area contributed by atoms with E-state index in [0.717, 1.165) is 42.4 Å². The van der Waals surface area contributed by atoms with Crippen LogP contribution >= 0.6 is 0 Å². The van der Waals surface area contributed by atoms with Crippen LogP contribution in [-0.4, -0.2) is 67.4 Å². The molecule has 1 N–H and O–H groups in total. The smallest absolute Gasteiger partial charge is 0.238 e. The number of fused-ring (bicyclic) bond motifs is 1. The van der Waals surface area contributed by atoms with Crippen molar-refractivity contribution in [3.63, 3.8) is 0 Å². The minimum absolute atomic E-state index is 0.00705. The van der Waals surface area contributed by atoms with Crippen LogP contribution in [0.2, 0.25) is 0 Å². The Hall–Kier alpha value is -3.45. The monoisotopic (exact) mass is 474 g/mol. The van der Waals surface area contributed by atoms with E-state index in [9.17, 15) is 14.0 Å². The summed E-state index contributed by atoms with van der Waals surface area (Å²) in [6.07, 6.45) is 1.52. The molecule has 3 aromatic carbocycles. The molecule has 7 heteroatoms. The molecule has 5 rings (SSSR count). The first kappa shape index (κ1) is 23.3. The van der Waals surface area contributed by atoms with E-state index in [4.69, 9.17) is 0 Å². The molecule has 0 bridgehead atoms. The first-order chi connectivity index (χ1) is 17.1. The maximum absolute atomic E-state index is 14.1. The number of hydrogen-bond donors (Lipinski definition) is 1. The van der Waals surface area contributed by atoms with Crippen molar-refractivity contribution in [2.45, 2.75) is 12.8 Å². The minimum atomic E-state index is -0.218. The summed E-state index contributed by atoms with van der Waals surface area (Å²) >= 11 is 0. The predicted octanol–water partition coefficient (Wildman–Crippen LogP) is 3.98. The zero-order valence-electron chi connectivity index (χ0n) is 19.8. The number of amides is 2. The van der Waals surface area contributed by atoms with Crippen molar-refractivity contribution in [3.8, 4) is 0 Å². The molecule has 2 aliphatic heterocycles. The average molecular weight is 475 g/mol. The zero-order valence-corrected chi connectivity index (χ0v) is 19.8. The molecule has 2 aliphatic rings. The van der Waals surface area contributed by atoms with Crippen LogP contribution in [-0.2, 0) is 9.59 Å². The lowest BCUT2D eigenvalue weighted by atomic mass is 9.95. The summed E-state index contributed by atoms with van der Waals surface area (Å²) in [5, 5.41) is 5.18. The Bertz CT molecular complexity index is 1200. The summed E-state index contributed by atoms with van der Waals surface area (Å²) < 4.78 is 14.1. The molecule has 2 amide bonds. The van der Waals surface area contributed by atoms with Crippen molar-refractivity contribution in [2.75, 3.05) is 56.0 Å². The van der Waals surface area contributed by atoms with Crippen LogP contribution in [0.1, 0.15) is 12.8 Å². The van der Waals surface area contributed by atoms with Crippen molar-refractivity contribution in [3.05, 3.63) is 72.5 Å². The van der Waals surface area contributed by atoms with Gasteiger partial charge in [0.2, 0.25) is 11.8 Å². The summed E-state index contributed by atoms with van der Waals surface area (Å²) in [6, 6.07) is 20.7. The van der Waals surface area contributed by atoms with Gasteiger partial charge in [-0.1, -0.05) is 48.5 Å². The molecule has 2 heterocycles. The van der Waals surface area contributed by atoms with Gasteiger partial charge in [0.15, 0.2) is 0 Å². The second-order valence-corrected chi connectivity index (χ2v) is 9.39. The fraction of sp³-hybridized carbons (Fsp3) is 0.357. The van der Waals surface area contributed by atoms with Gasteiger partial charge in [-0.25, -0.2) is 4.39 Å². The predicted molar refractivity (Wildman–Crippen MR) is 137 cm³/mol. The van der Waals surface area contributed by atoms with Gasteiger partial charge in [0.25, 0.3) is 0 Å². The molecule has 35 heavy (non-hydrogen) atoms. The Morgan fingerprint density at radius 1 is 0.829 bits per heavy atom. The SMILES string of the molecule is O=C(CN1CCC(C(=O)N2CCN(c3ccccc3F)CC2)CC1)Nc1cccc2ccccc12. The molecule has 0 spiro atoms. The number of piperidine rings is 1. The fourth-order valence-electron chi connectivity index (χ4n) is 5.20. The minimum Gasteiger partial charge on any atom is -0.366 e. The Kier molecular flexibility index (Phi) is 6.95. The van der Waals surface area contributed by atoms with Crippen LogP contribution in [0.4, 0.5) is 15.8 Å². The van der Waals surface area contributed by atoms with E-state index in [1.54, 1.807) is 12.1 Å². The second kappa shape index (κ2) is 10.4. The summed E-state index contributed by atoms with van der Waals surface area (Å²) in [6.45, 7) is 4.29. The van der Waals surface area contributed by atoms with E-state index in [-0.39, 0.29) is 23.5 Å². The van der Waals surface area contributed by atoms with Crippen molar-refractivity contribution in [2.24, 2.45) is 5.92 Å². The maximum Gasteiger partial charge on any atom is 0.238 e. The zero-order chi connectivity index (χ0) is 24.2. The van der Waals surface area contributed by atoms with Crippen LogP contribution in [0.5, 0.6) is 0 Å². The molecule has 0 aliphatic carbocycles. The van der Waals surface area contributed by atoms with Gasteiger partial charge in [0.1, 0.15) is 5.82 Å². The van der Waals surface area contributed by atoms with Crippen LogP contribution in [0.3, 0.4) is 0 Å². The van der Waals surface area contributed by atoms with E-state index in [0.29, 0.717) is 38.4 Å². The number of para-hydroxylation sites is 1. The third-order valence-corrected chi connectivity index (χ3v) is 7.15. The Morgan fingerprint density at radius 2 is 1.51 bits per heavy atom. The number of piperazine rings is 1. The normalized spacial score (nSPS) is 17.5. The Labute approximate surface area is 205 Å². The maximum atomic E-state index is 14.1. The van der Waals surface area contributed by atoms with E-state index < -0.39 is 0 Å². The van der Waals surface area contributed by atoms with Gasteiger partial charge in [-0.05, 0) is 49.5 Å². The molecule has 0 radical (unpaired) electrons.